The fourth-order valence-corrected chi connectivity index (χ4v) is 4.60. The van der Waals surface area contributed by atoms with Crippen LogP contribution >= 0.6 is 0 Å². The number of alkyl halides is 6. The molecule has 0 saturated carbocycles. The average molecular weight is 487 g/mol. The minimum atomic E-state index is -4.93. The van der Waals surface area contributed by atoms with Crippen LogP contribution in [0.15, 0.2) is 42.5 Å². The van der Waals surface area contributed by atoms with E-state index >= 15 is 0 Å². The third kappa shape index (κ3) is 5.92. The fraction of sp³-hybridized carbons (Fsp3) is 0.480. The Kier molecular flexibility index (Phi) is 7.65. The van der Waals surface area contributed by atoms with Crippen LogP contribution in [-0.2, 0) is 23.7 Å². The number of piperidine rings is 1. The number of nitrogens with one attached hydrogen (secondary N) is 1. The predicted molar refractivity (Wildman–Crippen MR) is 117 cm³/mol. The Labute approximate surface area is 195 Å². The van der Waals surface area contributed by atoms with Gasteiger partial charge in [-0.3, -0.25) is 4.79 Å². The molecule has 1 saturated heterocycles. The molecule has 0 aliphatic carbocycles. The van der Waals surface area contributed by atoms with Crippen LogP contribution in [-0.4, -0.2) is 30.9 Å². The molecule has 1 aliphatic rings. The molecule has 2 aromatic rings. The second kappa shape index (κ2) is 9.98. The summed E-state index contributed by atoms with van der Waals surface area (Å²) in [6.07, 6.45) is -9.34. The van der Waals surface area contributed by atoms with Gasteiger partial charge in [-0.25, -0.2) is 0 Å². The first-order valence-electron chi connectivity index (χ1n) is 11.1. The van der Waals surface area contributed by atoms with Crippen molar-refractivity contribution < 1.29 is 31.1 Å². The zero-order chi connectivity index (χ0) is 25.3. The molecule has 1 fully saturated rings. The average Bonchev–Trinajstić information content (AvgIpc) is 2.77. The van der Waals surface area contributed by atoms with Gasteiger partial charge in [-0.2, -0.15) is 26.3 Å². The Morgan fingerprint density at radius 3 is 2.18 bits per heavy atom. The molecule has 186 valence electrons. The molecule has 1 aliphatic heterocycles. The molecule has 1 amide bonds. The second-order valence-corrected chi connectivity index (χ2v) is 9.10. The van der Waals surface area contributed by atoms with Crippen LogP contribution in [0.25, 0.3) is 0 Å². The summed E-state index contributed by atoms with van der Waals surface area (Å²) in [5, 5.41) is 3.30. The number of amides is 1. The molecule has 2 atom stereocenters. The highest BCUT2D eigenvalue weighted by Crippen LogP contribution is 2.38. The van der Waals surface area contributed by atoms with Crippen molar-refractivity contribution >= 4 is 5.91 Å². The molecule has 0 aromatic heterocycles. The van der Waals surface area contributed by atoms with Gasteiger partial charge in [-0.1, -0.05) is 38.1 Å². The maximum atomic E-state index is 13.4. The van der Waals surface area contributed by atoms with Gasteiger partial charge in [0.1, 0.15) is 0 Å². The lowest BCUT2D eigenvalue weighted by Crippen LogP contribution is -2.44. The number of carbonyl (C=O) groups excluding carboxylic acids is 1. The molecule has 0 spiro atoms. The van der Waals surface area contributed by atoms with Crippen molar-refractivity contribution in [3.8, 4) is 0 Å². The van der Waals surface area contributed by atoms with Crippen LogP contribution in [0.3, 0.4) is 0 Å². The van der Waals surface area contributed by atoms with Crippen LogP contribution in [0.1, 0.15) is 59.9 Å². The molecule has 1 heterocycles. The Hall–Kier alpha value is -2.55. The minimum Gasteiger partial charge on any atom is -0.341 e. The normalized spacial score (nSPS) is 19.4. The van der Waals surface area contributed by atoms with Crippen LogP contribution in [0.5, 0.6) is 0 Å². The van der Waals surface area contributed by atoms with Crippen molar-refractivity contribution in [2.75, 3.05) is 20.1 Å². The highest BCUT2D eigenvalue weighted by Gasteiger charge is 2.38. The SMILES string of the molecule is CC(C)c1ccccc1C1CNCCC1C(=O)N(C)Cc1cc(C(F)(F)F)cc(C(F)(F)F)c1. The van der Waals surface area contributed by atoms with Crippen LogP contribution in [0.4, 0.5) is 26.3 Å². The summed E-state index contributed by atoms with van der Waals surface area (Å²) >= 11 is 0. The standard InChI is InChI=1S/C25H28F6N2O/c1-15(2)19-6-4-5-7-20(19)22-13-32-9-8-21(22)23(34)33(3)14-16-10-17(24(26,27)28)12-18(11-16)25(29,30)31/h4-7,10-12,15,21-22,32H,8-9,13-14H2,1-3H3. The second-order valence-electron chi connectivity index (χ2n) is 9.10. The number of rotatable bonds is 5. The molecule has 1 N–H and O–H groups in total. The summed E-state index contributed by atoms with van der Waals surface area (Å²) in [6, 6.07) is 9.28. The maximum absolute atomic E-state index is 13.4. The van der Waals surface area contributed by atoms with E-state index in [2.05, 4.69) is 19.2 Å². The molecule has 3 rings (SSSR count). The first-order valence-corrected chi connectivity index (χ1v) is 11.1. The van der Waals surface area contributed by atoms with Crippen molar-refractivity contribution in [2.45, 2.75) is 51.0 Å². The topological polar surface area (TPSA) is 32.3 Å². The quantitative estimate of drug-likeness (QED) is 0.511. The van der Waals surface area contributed by atoms with E-state index in [1.54, 1.807) is 0 Å². The summed E-state index contributed by atoms with van der Waals surface area (Å²) in [6.45, 7) is 4.93. The number of benzene rings is 2. The first-order chi connectivity index (χ1) is 15.8. The molecule has 9 heteroatoms. The van der Waals surface area contributed by atoms with Gasteiger partial charge in [0.05, 0.1) is 11.1 Å². The lowest BCUT2D eigenvalue weighted by molar-refractivity contribution is -0.143. The van der Waals surface area contributed by atoms with Gasteiger partial charge in [0.15, 0.2) is 0 Å². The van der Waals surface area contributed by atoms with Crippen LogP contribution in [0.2, 0.25) is 0 Å². The molecule has 3 nitrogen and oxygen atoms in total. The largest absolute Gasteiger partial charge is 0.416 e. The maximum Gasteiger partial charge on any atom is 0.416 e. The molecule has 2 unspecified atom stereocenters. The molecule has 0 bridgehead atoms. The number of nitrogens with zero attached hydrogens (tertiary/aromatic N) is 1. The summed E-state index contributed by atoms with van der Waals surface area (Å²) < 4.78 is 79.3. The van der Waals surface area contributed by atoms with Gasteiger partial charge in [0, 0.05) is 32.0 Å². The summed E-state index contributed by atoms with van der Waals surface area (Å²) in [5.41, 5.74) is -0.835. The van der Waals surface area contributed by atoms with Crippen molar-refractivity contribution in [1.82, 2.24) is 10.2 Å². The molecule has 2 aromatic carbocycles. The first kappa shape index (κ1) is 26.1. The Morgan fingerprint density at radius 2 is 1.62 bits per heavy atom. The van der Waals surface area contributed by atoms with E-state index in [0.717, 1.165) is 11.1 Å². The van der Waals surface area contributed by atoms with Gasteiger partial charge in [0.25, 0.3) is 0 Å². The highest BCUT2D eigenvalue weighted by atomic mass is 19.4. The molecular formula is C25H28F6N2O. The van der Waals surface area contributed by atoms with Crippen LogP contribution < -0.4 is 5.32 Å². The van der Waals surface area contributed by atoms with Gasteiger partial charge >= 0.3 is 12.4 Å². The molecule has 34 heavy (non-hydrogen) atoms. The van der Waals surface area contributed by atoms with Gasteiger partial charge in [-0.15, -0.1) is 0 Å². The molecular weight excluding hydrogens is 458 g/mol. The summed E-state index contributed by atoms with van der Waals surface area (Å²) in [4.78, 5) is 14.6. The molecule has 0 radical (unpaired) electrons. The van der Waals surface area contributed by atoms with E-state index in [-0.39, 0.29) is 35.9 Å². The van der Waals surface area contributed by atoms with E-state index in [4.69, 9.17) is 0 Å². The van der Waals surface area contributed by atoms with Crippen molar-refractivity contribution in [3.63, 3.8) is 0 Å². The van der Waals surface area contributed by atoms with Gasteiger partial charge < -0.3 is 10.2 Å². The lowest BCUT2D eigenvalue weighted by atomic mass is 9.77. The van der Waals surface area contributed by atoms with E-state index < -0.39 is 29.4 Å². The van der Waals surface area contributed by atoms with E-state index in [1.165, 1.54) is 11.9 Å². The number of hydrogen-bond donors (Lipinski definition) is 1. The smallest absolute Gasteiger partial charge is 0.341 e. The van der Waals surface area contributed by atoms with Gasteiger partial charge in [0.2, 0.25) is 5.91 Å². The predicted octanol–water partition coefficient (Wildman–Crippen LogP) is 6.20. The van der Waals surface area contributed by atoms with E-state index in [0.29, 0.717) is 31.6 Å². The zero-order valence-electron chi connectivity index (χ0n) is 19.2. The van der Waals surface area contributed by atoms with Gasteiger partial charge in [-0.05, 0) is 53.8 Å². The minimum absolute atomic E-state index is 0.0942. The van der Waals surface area contributed by atoms with Crippen molar-refractivity contribution in [1.29, 1.82) is 0 Å². The number of carbonyl (C=O) groups is 1. The third-order valence-electron chi connectivity index (χ3n) is 6.26. The third-order valence-corrected chi connectivity index (χ3v) is 6.26. The number of hydrogen-bond acceptors (Lipinski definition) is 2. The fourth-order valence-electron chi connectivity index (χ4n) is 4.60. The summed E-state index contributed by atoms with van der Waals surface area (Å²) in [7, 11) is 1.42. The lowest BCUT2D eigenvalue weighted by Gasteiger charge is -2.35. The van der Waals surface area contributed by atoms with E-state index in [9.17, 15) is 31.1 Å². The Bertz CT molecular complexity index is 983. The highest BCUT2D eigenvalue weighted by molar-refractivity contribution is 5.80. The Morgan fingerprint density at radius 1 is 1.03 bits per heavy atom. The zero-order valence-corrected chi connectivity index (χ0v) is 19.2. The van der Waals surface area contributed by atoms with Crippen LogP contribution in [0, 0.1) is 5.92 Å². The Balaban J connectivity index is 1.89. The monoisotopic (exact) mass is 486 g/mol. The summed E-state index contributed by atoms with van der Waals surface area (Å²) in [5.74, 6) is -0.637. The number of halogens is 6. The van der Waals surface area contributed by atoms with Crippen molar-refractivity contribution in [2.24, 2.45) is 5.92 Å². The van der Waals surface area contributed by atoms with E-state index in [1.807, 2.05) is 24.3 Å². The van der Waals surface area contributed by atoms with Crippen molar-refractivity contribution in [3.05, 3.63) is 70.3 Å².